The lowest BCUT2D eigenvalue weighted by molar-refractivity contribution is -0.150. The van der Waals surface area contributed by atoms with Crippen LogP contribution in [0.5, 0.6) is 0 Å². The predicted molar refractivity (Wildman–Crippen MR) is 238 cm³/mol. The van der Waals surface area contributed by atoms with Crippen LogP contribution in [0.1, 0.15) is 74.1 Å². The average molecular weight is 855 g/mol. The molecule has 5 atom stereocenters. The third-order valence-corrected chi connectivity index (χ3v) is 15.7. The highest BCUT2D eigenvalue weighted by atomic mass is 28.4. The Bertz CT molecular complexity index is 2460. The van der Waals surface area contributed by atoms with Gasteiger partial charge in [0.1, 0.15) is 0 Å². The number of anilines is 3. The van der Waals surface area contributed by atoms with Gasteiger partial charge in [-0.1, -0.05) is 79.7 Å². The van der Waals surface area contributed by atoms with Crippen molar-refractivity contribution in [2.45, 2.75) is 94.8 Å². The van der Waals surface area contributed by atoms with Gasteiger partial charge in [-0.15, -0.1) is 0 Å². The number of carbonyl (C=O) groups is 4. The van der Waals surface area contributed by atoms with E-state index in [0.29, 0.717) is 54.9 Å². The van der Waals surface area contributed by atoms with Crippen LogP contribution >= 0.6 is 0 Å². The van der Waals surface area contributed by atoms with Gasteiger partial charge in [0.05, 0.1) is 60.2 Å². The van der Waals surface area contributed by atoms with Crippen LogP contribution in [-0.2, 0) is 36.1 Å². The summed E-state index contributed by atoms with van der Waals surface area (Å²) < 4.78 is 23.8. The summed E-state index contributed by atoms with van der Waals surface area (Å²) in [4.78, 5) is 59.3. The summed E-state index contributed by atoms with van der Waals surface area (Å²) in [5.74, 6) is -1.61. The first-order valence-electron chi connectivity index (χ1n) is 21.6. The van der Waals surface area contributed by atoms with Gasteiger partial charge in [0, 0.05) is 49.3 Å². The second-order valence-corrected chi connectivity index (χ2v) is 21.3. The molecule has 1 N–H and O–H groups in total. The molecule has 2 fully saturated rings. The Morgan fingerprint density at radius 3 is 1.98 bits per heavy atom. The van der Waals surface area contributed by atoms with Crippen LogP contribution in [-0.4, -0.2) is 78.8 Å². The van der Waals surface area contributed by atoms with Crippen LogP contribution in [0.3, 0.4) is 0 Å². The molecule has 0 unspecified atom stereocenters. The maximum atomic E-state index is 16.8. The SMILES string of the molecule is C[C@@H]1[C@@H]([Si](C)(C)F)[C@H](CC(=O)N2CCC[C@H]2CO)O[C@@]12C(=O)N(Cc1ccc(N3N=C(c4ccccc4)CCC3=O)cc1)c1ccc(N3N=C(c4ccccc4)CCC3=O)cc12. The van der Waals surface area contributed by atoms with Gasteiger partial charge in [-0.05, 0) is 73.0 Å². The molecule has 5 heterocycles. The van der Waals surface area contributed by atoms with Crippen molar-refractivity contribution in [3.8, 4) is 0 Å². The van der Waals surface area contributed by atoms with E-state index >= 15 is 8.90 Å². The molecule has 12 nitrogen and oxygen atoms in total. The van der Waals surface area contributed by atoms with Crippen LogP contribution in [0.25, 0.3) is 0 Å². The summed E-state index contributed by atoms with van der Waals surface area (Å²) in [6.07, 6.45) is 2.00. The minimum Gasteiger partial charge on any atom is -0.394 e. The molecule has 0 aliphatic carbocycles. The van der Waals surface area contributed by atoms with Gasteiger partial charge < -0.3 is 23.8 Å². The number of nitrogens with zero attached hydrogens (tertiary/aromatic N) is 6. The van der Waals surface area contributed by atoms with Crippen molar-refractivity contribution in [2.24, 2.45) is 16.1 Å². The highest BCUT2D eigenvalue weighted by Gasteiger charge is 2.67. The molecule has 1 spiro atoms. The van der Waals surface area contributed by atoms with E-state index in [4.69, 9.17) is 14.9 Å². The standard InChI is InChI=1S/C48H51FN6O6Si/c1-31-46(62(2,3)49)42(28-45(59)52-26-10-15-37(52)30-56)61-48(31)38-27-36(55-44(58)25-22-40(51-55)34-13-8-5-9-14-34)20-23-41(38)53(47(48)60)29-32-16-18-35(19-17-32)54-43(57)24-21-39(50-54)33-11-6-4-7-12-33/h4-9,11-14,16-20,23,27,31,37,42,46,56H,10,15,21-22,24-26,28-30H2,1-3H3/t31-,37+,42+,46-,48+/m1/s1. The minimum absolute atomic E-state index is 0.114. The van der Waals surface area contributed by atoms with Gasteiger partial charge in [-0.2, -0.15) is 10.2 Å². The van der Waals surface area contributed by atoms with E-state index in [1.807, 2.05) is 91.9 Å². The molecule has 0 saturated carbocycles. The Balaban J connectivity index is 1.09. The van der Waals surface area contributed by atoms with Crippen molar-refractivity contribution in [3.05, 3.63) is 125 Å². The van der Waals surface area contributed by atoms with Gasteiger partial charge in [0.15, 0.2) is 5.60 Å². The molecule has 4 aromatic rings. The van der Waals surface area contributed by atoms with Gasteiger partial charge in [0.2, 0.25) is 26.1 Å². The maximum absolute atomic E-state index is 16.8. The molecule has 4 aromatic carbocycles. The molecule has 5 aliphatic heterocycles. The van der Waals surface area contributed by atoms with E-state index in [-0.39, 0.29) is 55.7 Å². The Hall–Kier alpha value is -5.83. The lowest BCUT2D eigenvalue weighted by Gasteiger charge is -2.31. The molecule has 5 aliphatic rings. The van der Waals surface area contributed by atoms with E-state index < -0.39 is 31.6 Å². The fraction of sp³-hybridized carbons (Fsp3) is 0.375. The van der Waals surface area contributed by atoms with Crippen molar-refractivity contribution in [2.75, 3.05) is 28.1 Å². The number of amides is 4. The molecular formula is C48H51FN6O6Si. The predicted octanol–water partition coefficient (Wildman–Crippen LogP) is 7.44. The lowest BCUT2D eigenvalue weighted by atomic mass is 9.82. The maximum Gasteiger partial charge on any atom is 0.264 e. The molecular weight excluding hydrogens is 804 g/mol. The van der Waals surface area contributed by atoms with Crippen molar-refractivity contribution in [1.29, 1.82) is 0 Å². The summed E-state index contributed by atoms with van der Waals surface area (Å²) in [5.41, 5.74) is 3.91. The van der Waals surface area contributed by atoms with E-state index in [9.17, 15) is 19.5 Å². The Morgan fingerprint density at radius 1 is 0.823 bits per heavy atom. The fourth-order valence-electron chi connectivity index (χ4n) is 10.3. The number of hydrogen-bond acceptors (Lipinski definition) is 8. The number of carbonyl (C=O) groups excluding carboxylic acids is 4. The molecule has 62 heavy (non-hydrogen) atoms. The molecule has 0 aromatic heterocycles. The third kappa shape index (κ3) is 7.37. The number of halogens is 1. The molecule has 0 bridgehead atoms. The molecule has 320 valence electrons. The van der Waals surface area contributed by atoms with E-state index in [0.717, 1.165) is 34.5 Å². The topological polar surface area (TPSA) is 135 Å². The summed E-state index contributed by atoms with van der Waals surface area (Å²) in [6, 6.07) is 31.9. The van der Waals surface area contributed by atoms with Crippen molar-refractivity contribution in [1.82, 2.24) is 4.90 Å². The summed E-state index contributed by atoms with van der Waals surface area (Å²) in [7, 11) is -3.63. The number of hydrogen-bond donors (Lipinski definition) is 1. The number of aliphatic hydroxyl groups is 1. The van der Waals surface area contributed by atoms with E-state index in [2.05, 4.69) is 0 Å². The smallest absolute Gasteiger partial charge is 0.264 e. The van der Waals surface area contributed by atoms with Crippen LogP contribution in [0.15, 0.2) is 113 Å². The molecule has 0 radical (unpaired) electrons. The van der Waals surface area contributed by atoms with Crippen LogP contribution in [0, 0.1) is 5.92 Å². The number of fused-ring (bicyclic) bond motifs is 2. The molecule has 9 rings (SSSR count). The summed E-state index contributed by atoms with van der Waals surface area (Å²) in [5, 5.41) is 22.4. The zero-order chi connectivity index (χ0) is 43.3. The number of hydrazone groups is 2. The number of aliphatic hydroxyl groups excluding tert-OH is 1. The van der Waals surface area contributed by atoms with Crippen LogP contribution in [0.4, 0.5) is 21.2 Å². The van der Waals surface area contributed by atoms with Gasteiger partial charge in [-0.3, -0.25) is 19.2 Å². The largest absolute Gasteiger partial charge is 0.394 e. The fourth-order valence-corrected chi connectivity index (χ4v) is 12.8. The molecule has 4 amide bonds. The third-order valence-electron chi connectivity index (χ3n) is 13.3. The van der Waals surface area contributed by atoms with E-state index in [1.54, 1.807) is 41.1 Å². The lowest BCUT2D eigenvalue weighted by Crippen LogP contribution is -2.45. The summed E-state index contributed by atoms with van der Waals surface area (Å²) >= 11 is 0. The molecule has 2 saturated heterocycles. The average Bonchev–Trinajstić information content (AvgIpc) is 3.95. The van der Waals surface area contributed by atoms with E-state index in [1.165, 1.54) is 10.0 Å². The highest BCUT2D eigenvalue weighted by molar-refractivity contribution is 6.72. The Labute approximate surface area is 361 Å². The first kappa shape index (κ1) is 41.5. The second kappa shape index (κ2) is 16.5. The highest BCUT2D eigenvalue weighted by Crippen LogP contribution is 2.61. The second-order valence-electron chi connectivity index (χ2n) is 17.5. The monoisotopic (exact) mass is 854 g/mol. The Morgan fingerprint density at radius 2 is 1.40 bits per heavy atom. The first-order valence-corrected chi connectivity index (χ1v) is 24.6. The van der Waals surface area contributed by atoms with Gasteiger partial charge >= 0.3 is 0 Å². The number of rotatable bonds is 10. The first-order chi connectivity index (χ1) is 29.9. The van der Waals surface area contributed by atoms with Gasteiger partial charge in [0.25, 0.3) is 5.91 Å². The quantitative estimate of drug-likeness (QED) is 0.130. The zero-order valence-corrected chi connectivity index (χ0v) is 36.2. The Kier molecular flexibility index (Phi) is 11.0. The molecule has 14 heteroatoms. The minimum atomic E-state index is -3.63. The van der Waals surface area contributed by atoms with Crippen molar-refractivity contribution >= 4 is 60.5 Å². The van der Waals surface area contributed by atoms with Crippen LogP contribution in [0.2, 0.25) is 18.6 Å². The zero-order valence-electron chi connectivity index (χ0n) is 35.2. The van der Waals surface area contributed by atoms with Crippen LogP contribution < -0.4 is 14.9 Å². The number of ether oxygens (including phenoxy) is 1. The number of benzene rings is 4. The normalized spacial score (nSPS) is 25.1. The van der Waals surface area contributed by atoms with Crippen molar-refractivity contribution in [3.63, 3.8) is 0 Å². The van der Waals surface area contributed by atoms with Gasteiger partial charge in [-0.25, -0.2) is 10.0 Å². The summed E-state index contributed by atoms with van der Waals surface area (Å²) in [6.45, 7) is 5.52. The van der Waals surface area contributed by atoms with Crippen molar-refractivity contribution < 1.29 is 33.1 Å². The number of likely N-dealkylation sites (tertiary alicyclic amines) is 1.